The molecule has 0 saturated carbocycles. The molecule has 0 bridgehead atoms. The lowest BCUT2D eigenvalue weighted by Gasteiger charge is -2.45. The zero-order chi connectivity index (χ0) is 10.6. The Kier molecular flexibility index (Phi) is 3.98. The van der Waals surface area contributed by atoms with Crippen molar-refractivity contribution in [2.75, 3.05) is 39.4 Å². The maximum absolute atomic E-state index is 12.1. The van der Waals surface area contributed by atoms with Crippen molar-refractivity contribution in [2.45, 2.75) is 32.1 Å². The van der Waals surface area contributed by atoms with Gasteiger partial charge in [-0.2, -0.15) is 0 Å². The molecule has 0 aliphatic carbocycles. The molecule has 2 nitrogen and oxygen atoms in total. The predicted molar refractivity (Wildman–Crippen MR) is 60.8 cm³/mol. The molecule has 0 aromatic heterocycles. The molecule has 0 aromatic rings. The number of alkyl halides is 1. The summed E-state index contributed by atoms with van der Waals surface area (Å²) in [6.07, 6.45) is 6.06. The van der Waals surface area contributed by atoms with Gasteiger partial charge in [-0.25, -0.2) is 0 Å². The van der Waals surface area contributed by atoms with E-state index in [9.17, 15) is 4.39 Å². The molecule has 2 saturated heterocycles. The third-order valence-electron chi connectivity index (χ3n) is 3.91. The van der Waals surface area contributed by atoms with Gasteiger partial charge in [0.15, 0.2) is 0 Å². The molecule has 0 radical (unpaired) electrons. The van der Waals surface area contributed by atoms with Crippen LogP contribution in [0.5, 0.6) is 0 Å². The summed E-state index contributed by atoms with van der Waals surface area (Å²) in [6.45, 7) is 5.53. The third-order valence-corrected chi connectivity index (χ3v) is 3.91. The number of nitrogens with one attached hydrogen (secondary N) is 1. The van der Waals surface area contributed by atoms with Crippen LogP contribution in [0.2, 0.25) is 0 Å². The molecular formula is C12H23FN2. The normalized spacial score (nSPS) is 33.4. The van der Waals surface area contributed by atoms with Crippen molar-refractivity contribution in [2.24, 2.45) is 5.41 Å². The molecule has 2 fully saturated rings. The Hall–Kier alpha value is -0.150. The first kappa shape index (κ1) is 11.3. The van der Waals surface area contributed by atoms with Crippen LogP contribution in [0, 0.1) is 5.41 Å². The number of likely N-dealkylation sites (tertiary alicyclic amines) is 1. The summed E-state index contributed by atoms with van der Waals surface area (Å²) in [4.78, 5) is 2.47. The molecular weight excluding hydrogens is 191 g/mol. The number of halogens is 1. The van der Waals surface area contributed by atoms with Gasteiger partial charge in [-0.3, -0.25) is 4.39 Å². The molecule has 88 valence electrons. The van der Waals surface area contributed by atoms with Crippen LogP contribution in [0.25, 0.3) is 0 Å². The van der Waals surface area contributed by atoms with Crippen LogP contribution >= 0.6 is 0 Å². The lowest BCUT2D eigenvalue weighted by atomic mass is 9.74. The Morgan fingerprint density at radius 3 is 2.87 bits per heavy atom. The van der Waals surface area contributed by atoms with E-state index in [4.69, 9.17) is 0 Å². The fourth-order valence-electron chi connectivity index (χ4n) is 3.16. The van der Waals surface area contributed by atoms with E-state index < -0.39 is 0 Å². The molecule has 2 heterocycles. The van der Waals surface area contributed by atoms with Gasteiger partial charge in [0.1, 0.15) is 0 Å². The highest BCUT2D eigenvalue weighted by molar-refractivity contribution is 4.91. The maximum Gasteiger partial charge on any atom is 0.0906 e. The second-order valence-electron chi connectivity index (χ2n) is 5.20. The van der Waals surface area contributed by atoms with Crippen LogP contribution in [-0.2, 0) is 0 Å². The summed E-state index contributed by atoms with van der Waals surface area (Å²) < 4.78 is 12.1. The van der Waals surface area contributed by atoms with Crippen LogP contribution in [0.3, 0.4) is 0 Å². The first-order valence-corrected chi connectivity index (χ1v) is 6.34. The Balaban J connectivity index is 1.85. The van der Waals surface area contributed by atoms with Crippen molar-refractivity contribution in [3.8, 4) is 0 Å². The minimum atomic E-state index is -0.165. The van der Waals surface area contributed by atoms with Crippen LogP contribution in [0.1, 0.15) is 32.1 Å². The van der Waals surface area contributed by atoms with Crippen molar-refractivity contribution in [1.29, 1.82) is 0 Å². The van der Waals surface area contributed by atoms with E-state index >= 15 is 0 Å². The lowest BCUT2D eigenvalue weighted by Crippen LogP contribution is -2.51. The molecule has 0 aromatic carbocycles. The molecule has 15 heavy (non-hydrogen) atoms. The fraction of sp³-hybridized carbons (Fsp3) is 1.00. The zero-order valence-electron chi connectivity index (χ0n) is 9.60. The highest BCUT2D eigenvalue weighted by Gasteiger charge is 2.35. The van der Waals surface area contributed by atoms with Crippen LogP contribution < -0.4 is 5.32 Å². The highest BCUT2D eigenvalue weighted by atomic mass is 19.1. The van der Waals surface area contributed by atoms with Crippen LogP contribution in [0.4, 0.5) is 4.39 Å². The third kappa shape index (κ3) is 2.91. The van der Waals surface area contributed by atoms with Gasteiger partial charge >= 0.3 is 0 Å². The molecule has 2 aliphatic rings. The Bertz CT molecular complexity index is 185. The van der Waals surface area contributed by atoms with Gasteiger partial charge in [-0.1, -0.05) is 0 Å². The smallest absolute Gasteiger partial charge is 0.0906 e. The second-order valence-corrected chi connectivity index (χ2v) is 5.20. The largest absolute Gasteiger partial charge is 0.316 e. The van der Waals surface area contributed by atoms with Crippen molar-refractivity contribution in [3.63, 3.8) is 0 Å². The number of piperidine rings is 2. The van der Waals surface area contributed by atoms with Gasteiger partial charge < -0.3 is 10.2 Å². The molecule has 0 amide bonds. The van der Waals surface area contributed by atoms with E-state index in [1.54, 1.807) is 0 Å². The quantitative estimate of drug-likeness (QED) is 0.771. The lowest BCUT2D eigenvalue weighted by molar-refractivity contribution is 0.0629. The Morgan fingerprint density at radius 1 is 1.27 bits per heavy atom. The number of hydrogen-bond acceptors (Lipinski definition) is 2. The summed E-state index contributed by atoms with van der Waals surface area (Å²) in [5.74, 6) is 0. The molecule has 1 atom stereocenters. The molecule has 1 unspecified atom stereocenters. The van der Waals surface area contributed by atoms with Gasteiger partial charge in [0, 0.05) is 19.6 Å². The van der Waals surface area contributed by atoms with E-state index in [0.717, 1.165) is 6.54 Å². The highest BCUT2D eigenvalue weighted by Crippen LogP contribution is 2.35. The Labute approximate surface area is 92.2 Å². The van der Waals surface area contributed by atoms with E-state index in [1.807, 2.05) is 0 Å². The van der Waals surface area contributed by atoms with E-state index in [1.165, 1.54) is 51.9 Å². The van der Waals surface area contributed by atoms with Crippen molar-refractivity contribution >= 4 is 0 Å². The monoisotopic (exact) mass is 214 g/mol. The SMILES string of the molecule is FCCCN1CCCC2(CCCNC2)C1. The molecule has 1 N–H and O–H groups in total. The first-order chi connectivity index (χ1) is 7.35. The van der Waals surface area contributed by atoms with E-state index in [-0.39, 0.29) is 6.67 Å². The van der Waals surface area contributed by atoms with Crippen LogP contribution in [-0.4, -0.2) is 44.3 Å². The molecule has 2 aliphatic heterocycles. The minimum absolute atomic E-state index is 0.165. The number of hydrogen-bond donors (Lipinski definition) is 1. The summed E-state index contributed by atoms with van der Waals surface area (Å²) >= 11 is 0. The van der Waals surface area contributed by atoms with Crippen LogP contribution in [0.15, 0.2) is 0 Å². The summed E-state index contributed by atoms with van der Waals surface area (Å²) in [7, 11) is 0. The number of nitrogens with zero attached hydrogens (tertiary/aromatic N) is 1. The first-order valence-electron chi connectivity index (χ1n) is 6.34. The average molecular weight is 214 g/mol. The zero-order valence-corrected chi connectivity index (χ0v) is 9.60. The predicted octanol–water partition coefficient (Wildman–Crippen LogP) is 1.81. The van der Waals surface area contributed by atoms with Gasteiger partial charge in [0.25, 0.3) is 0 Å². The Morgan fingerprint density at radius 2 is 2.13 bits per heavy atom. The summed E-state index contributed by atoms with van der Waals surface area (Å²) in [5, 5.41) is 3.52. The average Bonchev–Trinajstić information content (AvgIpc) is 2.28. The van der Waals surface area contributed by atoms with Crippen molar-refractivity contribution < 1.29 is 4.39 Å². The standard InChI is InChI=1S/C12H23FN2/c13-6-3-9-15-8-2-5-12(11-15)4-1-7-14-10-12/h14H,1-11H2. The van der Waals surface area contributed by atoms with Gasteiger partial charge in [-0.05, 0) is 50.6 Å². The molecule has 1 spiro atoms. The van der Waals surface area contributed by atoms with Crippen molar-refractivity contribution in [3.05, 3.63) is 0 Å². The van der Waals surface area contributed by atoms with E-state index in [2.05, 4.69) is 10.2 Å². The minimum Gasteiger partial charge on any atom is -0.316 e. The molecule has 2 rings (SSSR count). The fourth-order valence-corrected chi connectivity index (χ4v) is 3.16. The topological polar surface area (TPSA) is 15.3 Å². The second kappa shape index (κ2) is 5.26. The molecule has 3 heteroatoms. The van der Waals surface area contributed by atoms with Gasteiger partial charge in [-0.15, -0.1) is 0 Å². The number of rotatable bonds is 3. The van der Waals surface area contributed by atoms with E-state index in [0.29, 0.717) is 11.8 Å². The summed E-state index contributed by atoms with van der Waals surface area (Å²) in [6, 6.07) is 0. The maximum atomic E-state index is 12.1. The summed E-state index contributed by atoms with van der Waals surface area (Å²) in [5.41, 5.74) is 0.521. The van der Waals surface area contributed by atoms with Gasteiger partial charge in [0.2, 0.25) is 0 Å². The van der Waals surface area contributed by atoms with Gasteiger partial charge in [0.05, 0.1) is 6.67 Å². The van der Waals surface area contributed by atoms with Crippen molar-refractivity contribution in [1.82, 2.24) is 10.2 Å².